The fraction of sp³-hybridized carbons (Fsp3) is 0.429. The number of hydrogen-bond donors (Lipinski definition) is 2. The molecule has 21 heavy (non-hydrogen) atoms. The predicted octanol–water partition coefficient (Wildman–Crippen LogP) is 2.33. The van der Waals surface area contributed by atoms with Crippen LogP contribution < -0.4 is 10.0 Å². The molecule has 2 heterocycles. The molecular weight excluding hydrogens is 306 g/mol. The lowest BCUT2D eigenvalue weighted by molar-refractivity contribution is 0.568. The molecule has 0 spiro atoms. The molecule has 0 amide bonds. The van der Waals surface area contributed by atoms with Gasteiger partial charge in [-0.25, -0.2) is 13.1 Å². The number of aromatic nitrogens is 1. The van der Waals surface area contributed by atoms with E-state index in [0.29, 0.717) is 11.4 Å². The maximum Gasteiger partial charge on any atom is 0.242 e. The van der Waals surface area contributed by atoms with Crippen LogP contribution in [-0.2, 0) is 23.1 Å². The van der Waals surface area contributed by atoms with Crippen LogP contribution in [0.15, 0.2) is 34.7 Å². The number of nitrogens with zero attached hydrogens (tertiary/aromatic N) is 1. The zero-order chi connectivity index (χ0) is 15.5. The molecule has 0 saturated heterocycles. The molecule has 2 rings (SSSR count). The second kappa shape index (κ2) is 6.74. The number of hydrogen-bond acceptors (Lipinski definition) is 4. The van der Waals surface area contributed by atoms with Gasteiger partial charge in [0.2, 0.25) is 10.0 Å². The first kappa shape index (κ1) is 16.2. The summed E-state index contributed by atoms with van der Waals surface area (Å²) in [5, 5.41) is 5.00. The van der Waals surface area contributed by atoms with E-state index in [0.717, 1.165) is 17.1 Å². The van der Waals surface area contributed by atoms with Crippen LogP contribution in [0.5, 0.6) is 0 Å². The first-order valence-electron chi connectivity index (χ1n) is 6.87. The van der Waals surface area contributed by atoms with Gasteiger partial charge in [0.25, 0.3) is 0 Å². The Kier molecular flexibility index (Phi) is 5.21. The second-order valence-electron chi connectivity index (χ2n) is 4.84. The third-order valence-corrected chi connectivity index (χ3v) is 5.83. The van der Waals surface area contributed by atoms with Gasteiger partial charge in [-0.2, -0.15) is 0 Å². The van der Waals surface area contributed by atoms with Crippen molar-refractivity contribution in [1.29, 1.82) is 0 Å². The minimum atomic E-state index is -3.51. The molecule has 1 atom stereocenters. The number of thiophene rings is 1. The average molecular weight is 327 g/mol. The molecule has 0 aromatic carbocycles. The first-order valence-corrected chi connectivity index (χ1v) is 9.23. The molecule has 0 radical (unpaired) electrons. The molecule has 116 valence electrons. The van der Waals surface area contributed by atoms with E-state index in [-0.39, 0.29) is 6.04 Å². The van der Waals surface area contributed by atoms with Crippen LogP contribution in [0.4, 0.5) is 0 Å². The Hall–Kier alpha value is -1.15. The average Bonchev–Trinajstić information content (AvgIpc) is 3.08. The highest BCUT2D eigenvalue weighted by atomic mass is 32.2. The van der Waals surface area contributed by atoms with Gasteiger partial charge >= 0.3 is 0 Å². The van der Waals surface area contributed by atoms with Crippen molar-refractivity contribution in [1.82, 2.24) is 14.6 Å². The predicted molar refractivity (Wildman–Crippen MR) is 85.9 cm³/mol. The van der Waals surface area contributed by atoms with E-state index >= 15 is 0 Å². The topological polar surface area (TPSA) is 63.1 Å². The fourth-order valence-electron chi connectivity index (χ4n) is 2.19. The van der Waals surface area contributed by atoms with E-state index in [2.05, 4.69) is 10.0 Å². The van der Waals surface area contributed by atoms with E-state index in [1.165, 1.54) is 0 Å². The van der Waals surface area contributed by atoms with Gasteiger partial charge in [0.1, 0.15) is 0 Å². The molecule has 7 heteroatoms. The second-order valence-corrected chi connectivity index (χ2v) is 7.54. The highest BCUT2D eigenvalue weighted by Gasteiger charge is 2.21. The summed E-state index contributed by atoms with van der Waals surface area (Å²) in [7, 11) is -1.66. The van der Waals surface area contributed by atoms with E-state index < -0.39 is 10.0 Å². The molecular formula is C14H21N3O2S2. The van der Waals surface area contributed by atoms with Crippen LogP contribution >= 0.6 is 11.3 Å². The van der Waals surface area contributed by atoms with Crippen molar-refractivity contribution in [2.45, 2.75) is 37.9 Å². The van der Waals surface area contributed by atoms with E-state index in [4.69, 9.17) is 0 Å². The van der Waals surface area contributed by atoms with Gasteiger partial charge in [-0.05, 0) is 38.4 Å². The number of rotatable bonds is 7. The molecule has 0 fully saturated rings. The highest BCUT2D eigenvalue weighted by molar-refractivity contribution is 7.89. The van der Waals surface area contributed by atoms with Gasteiger partial charge in [0, 0.05) is 29.9 Å². The minimum absolute atomic E-state index is 0.229. The van der Waals surface area contributed by atoms with Crippen molar-refractivity contribution in [2.75, 3.05) is 7.05 Å². The third-order valence-electron chi connectivity index (χ3n) is 3.27. The molecule has 2 aromatic rings. The summed E-state index contributed by atoms with van der Waals surface area (Å²) in [6.07, 6.45) is 1.69. The van der Waals surface area contributed by atoms with Crippen molar-refractivity contribution >= 4 is 21.4 Å². The summed E-state index contributed by atoms with van der Waals surface area (Å²) in [6, 6.07) is 5.35. The summed E-state index contributed by atoms with van der Waals surface area (Å²) in [6.45, 7) is 5.24. The Morgan fingerprint density at radius 3 is 2.76 bits per heavy atom. The van der Waals surface area contributed by atoms with Crippen molar-refractivity contribution < 1.29 is 8.42 Å². The lowest BCUT2D eigenvalue weighted by Crippen LogP contribution is -2.26. The van der Waals surface area contributed by atoms with E-state index in [1.54, 1.807) is 23.6 Å². The van der Waals surface area contributed by atoms with Gasteiger partial charge in [-0.3, -0.25) is 0 Å². The maximum atomic E-state index is 12.5. The number of aryl methyl sites for hydroxylation is 1. The molecule has 2 aromatic heterocycles. The van der Waals surface area contributed by atoms with Crippen molar-refractivity contribution in [2.24, 2.45) is 0 Å². The summed E-state index contributed by atoms with van der Waals surface area (Å²) >= 11 is 1.55. The fourth-order valence-corrected chi connectivity index (χ4v) is 4.29. The molecule has 2 N–H and O–H groups in total. The number of sulfonamides is 1. The van der Waals surface area contributed by atoms with Gasteiger partial charge in [-0.15, -0.1) is 11.3 Å². The van der Waals surface area contributed by atoms with Gasteiger partial charge in [0.15, 0.2) is 0 Å². The van der Waals surface area contributed by atoms with E-state index in [9.17, 15) is 8.42 Å². The van der Waals surface area contributed by atoms with Gasteiger partial charge in [0.05, 0.1) is 10.9 Å². The summed E-state index contributed by atoms with van der Waals surface area (Å²) in [5.74, 6) is 0. The molecule has 0 aliphatic rings. The Morgan fingerprint density at radius 1 is 1.43 bits per heavy atom. The number of nitrogens with one attached hydrogen (secondary N) is 2. The Balaban J connectivity index is 2.23. The summed E-state index contributed by atoms with van der Waals surface area (Å²) in [4.78, 5) is 1.32. The zero-order valence-electron chi connectivity index (χ0n) is 12.5. The van der Waals surface area contributed by atoms with Crippen molar-refractivity contribution in [3.05, 3.63) is 40.3 Å². The SMILES string of the molecule is CCn1cc(S(=O)(=O)NC(C)c2cccs2)cc1CNC. The quantitative estimate of drug-likeness (QED) is 0.820. The zero-order valence-corrected chi connectivity index (χ0v) is 14.1. The normalized spacial score (nSPS) is 13.5. The van der Waals surface area contributed by atoms with Gasteiger partial charge in [-0.1, -0.05) is 6.07 Å². The molecule has 1 unspecified atom stereocenters. The van der Waals surface area contributed by atoms with Crippen molar-refractivity contribution in [3.63, 3.8) is 0 Å². The summed E-state index contributed by atoms with van der Waals surface area (Å²) < 4.78 is 29.6. The van der Waals surface area contributed by atoms with Crippen LogP contribution in [-0.4, -0.2) is 20.0 Å². The smallest absolute Gasteiger partial charge is 0.242 e. The Morgan fingerprint density at radius 2 is 2.19 bits per heavy atom. The molecule has 0 aliphatic heterocycles. The molecule has 0 saturated carbocycles. The Labute approximate surface area is 130 Å². The summed E-state index contributed by atoms with van der Waals surface area (Å²) in [5.41, 5.74) is 0.962. The minimum Gasteiger partial charge on any atom is -0.349 e. The van der Waals surface area contributed by atoms with Crippen LogP contribution in [0.3, 0.4) is 0 Å². The molecule has 0 aliphatic carbocycles. The van der Waals surface area contributed by atoms with Crippen LogP contribution in [0.25, 0.3) is 0 Å². The molecule has 5 nitrogen and oxygen atoms in total. The lowest BCUT2D eigenvalue weighted by atomic mass is 10.3. The van der Waals surface area contributed by atoms with Crippen LogP contribution in [0, 0.1) is 0 Å². The van der Waals surface area contributed by atoms with Crippen molar-refractivity contribution in [3.8, 4) is 0 Å². The third kappa shape index (κ3) is 3.74. The highest BCUT2D eigenvalue weighted by Crippen LogP contribution is 2.22. The monoisotopic (exact) mass is 327 g/mol. The van der Waals surface area contributed by atoms with Gasteiger partial charge < -0.3 is 9.88 Å². The standard InChI is InChI=1S/C14H21N3O2S2/c1-4-17-10-13(8-12(17)9-15-3)21(18,19)16-11(2)14-6-5-7-20-14/h5-8,10-11,15-16H,4,9H2,1-3H3. The molecule has 0 bridgehead atoms. The lowest BCUT2D eigenvalue weighted by Gasteiger charge is -2.11. The largest absolute Gasteiger partial charge is 0.349 e. The maximum absolute atomic E-state index is 12.5. The van der Waals surface area contributed by atoms with E-state index in [1.807, 2.05) is 43.0 Å². The van der Waals surface area contributed by atoms with Crippen LogP contribution in [0.2, 0.25) is 0 Å². The Bertz CT molecular complexity index is 675. The first-order chi connectivity index (χ1) is 9.97. The van der Waals surface area contributed by atoms with Crippen LogP contribution in [0.1, 0.15) is 30.5 Å².